The lowest BCUT2D eigenvalue weighted by Crippen LogP contribution is -2.44. The van der Waals surface area contributed by atoms with Crippen molar-refractivity contribution in [1.29, 1.82) is 0 Å². The van der Waals surface area contributed by atoms with Gasteiger partial charge in [0.25, 0.3) is 5.91 Å². The van der Waals surface area contributed by atoms with Crippen LogP contribution in [0.15, 0.2) is 48.5 Å². The Morgan fingerprint density at radius 2 is 1.81 bits per heavy atom. The first kappa shape index (κ1) is 18.2. The number of piperidine rings is 1. The summed E-state index contributed by atoms with van der Waals surface area (Å²) in [5, 5.41) is 9.40. The number of Topliss-reactive ketones (excluding diaryl/α,β-unsaturated/α-hetero) is 1. The van der Waals surface area contributed by atoms with E-state index in [2.05, 4.69) is 0 Å². The molecule has 0 saturated carbocycles. The van der Waals surface area contributed by atoms with E-state index < -0.39 is 0 Å². The number of rotatable bonds is 5. The Morgan fingerprint density at radius 1 is 1.08 bits per heavy atom. The fourth-order valence-electron chi connectivity index (χ4n) is 3.60. The number of amides is 1. The normalized spacial score (nSPS) is 17.1. The number of ketones is 1. The number of nitrogens with zero attached hydrogens (tertiary/aromatic N) is 1. The van der Waals surface area contributed by atoms with Gasteiger partial charge >= 0.3 is 0 Å². The summed E-state index contributed by atoms with van der Waals surface area (Å²) < 4.78 is 0. The van der Waals surface area contributed by atoms with Gasteiger partial charge in [-0.25, -0.2) is 0 Å². The number of carbonyl (C=O) groups excluding carboxylic acids is 2. The second-order valence-corrected chi connectivity index (χ2v) is 6.99. The molecule has 1 heterocycles. The number of hydrogen-bond donors (Lipinski definition) is 1. The molecule has 4 nitrogen and oxygen atoms in total. The van der Waals surface area contributed by atoms with Crippen LogP contribution in [0.2, 0.25) is 0 Å². The van der Waals surface area contributed by atoms with Crippen LogP contribution in [0.25, 0.3) is 0 Å². The molecule has 1 N–H and O–H groups in total. The standard InChI is InChI=1S/C22H25NO3/c1-16(24)18-5-4-6-19(15-18)22(26)23-14-3-2-7-20(23)11-8-17-9-12-21(25)13-10-17/h4-6,9-10,12-13,15,20,25H,2-3,7-8,11,14H2,1H3. The van der Waals surface area contributed by atoms with Crippen LogP contribution >= 0.6 is 0 Å². The van der Waals surface area contributed by atoms with Crippen LogP contribution in [0, 0.1) is 0 Å². The van der Waals surface area contributed by atoms with Gasteiger partial charge in [-0.3, -0.25) is 9.59 Å². The number of aryl methyl sites for hydroxylation is 1. The summed E-state index contributed by atoms with van der Waals surface area (Å²) in [5.74, 6) is 0.263. The van der Waals surface area contributed by atoms with Crippen molar-refractivity contribution in [2.24, 2.45) is 0 Å². The molecule has 0 radical (unpaired) electrons. The third kappa shape index (κ3) is 4.31. The topological polar surface area (TPSA) is 57.6 Å². The van der Waals surface area contributed by atoms with Crippen LogP contribution < -0.4 is 0 Å². The average Bonchev–Trinajstić information content (AvgIpc) is 2.67. The molecule has 1 aliphatic rings. The van der Waals surface area contributed by atoms with Gasteiger partial charge in [-0.2, -0.15) is 0 Å². The third-order valence-corrected chi connectivity index (χ3v) is 5.11. The van der Waals surface area contributed by atoms with Crippen LogP contribution in [-0.4, -0.2) is 34.3 Å². The molecule has 26 heavy (non-hydrogen) atoms. The van der Waals surface area contributed by atoms with Gasteiger partial charge in [0.05, 0.1) is 0 Å². The van der Waals surface area contributed by atoms with Crippen molar-refractivity contribution in [3.05, 3.63) is 65.2 Å². The molecule has 3 rings (SSSR count). The van der Waals surface area contributed by atoms with Gasteiger partial charge in [0.1, 0.15) is 5.75 Å². The van der Waals surface area contributed by atoms with E-state index in [0.717, 1.165) is 38.6 Å². The zero-order valence-corrected chi connectivity index (χ0v) is 15.1. The maximum Gasteiger partial charge on any atom is 0.254 e. The zero-order chi connectivity index (χ0) is 18.5. The third-order valence-electron chi connectivity index (χ3n) is 5.11. The highest BCUT2D eigenvalue weighted by atomic mass is 16.3. The van der Waals surface area contributed by atoms with Gasteiger partial charge in [-0.15, -0.1) is 0 Å². The molecular formula is C22H25NO3. The quantitative estimate of drug-likeness (QED) is 0.821. The lowest BCUT2D eigenvalue weighted by Gasteiger charge is -2.36. The smallest absolute Gasteiger partial charge is 0.254 e. The van der Waals surface area contributed by atoms with Gasteiger partial charge in [-0.1, -0.05) is 24.3 Å². The first-order chi connectivity index (χ1) is 12.5. The van der Waals surface area contributed by atoms with Crippen LogP contribution in [0.1, 0.15) is 58.9 Å². The molecule has 1 amide bonds. The Kier molecular flexibility index (Phi) is 5.71. The minimum absolute atomic E-state index is 0.0171. The minimum atomic E-state index is -0.0258. The number of aromatic hydroxyl groups is 1. The van der Waals surface area contributed by atoms with E-state index in [9.17, 15) is 14.7 Å². The molecule has 1 saturated heterocycles. The van der Waals surface area contributed by atoms with Crippen LogP contribution in [0.5, 0.6) is 5.75 Å². The highest BCUT2D eigenvalue weighted by Crippen LogP contribution is 2.24. The first-order valence-corrected chi connectivity index (χ1v) is 9.24. The molecule has 2 aromatic rings. The van der Waals surface area contributed by atoms with Crippen molar-refractivity contribution in [1.82, 2.24) is 4.90 Å². The second kappa shape index (κ2) is 8.17. The van der Waals surface area contributed by atoms with Gasteiger partial charge in [0.15, 0.2) is 5.78 Å². The van der Waals surface area contributed by atoms with E-state index in [1.807, 2.05) is 17.0 Å². The molecule has 4 heteroatoms. The molecule has 1 aliphatic heterocycles. The monoisotopic (exact) mass is 351 g/mol. The Bertz CT molecular complexity index is 782. The number of likely N-dealkylation sites (tertiary alicyclic amines) is 1. The van der Waals surface area contributed by atoms with Gasteiger partial charge < -0.3 is 10.0 Å². The first-order valence-electron chi connectivity index (χ1n) is 9.24. The van der Waals surface area contributed by atoms with Crippen molar-refractivity contribution >= 4 is 11.7 Å². The molecule has 0 aliphatic carbocycles. The molecule has 1 fully saturated rings. The zero-order valence-electron chi connectivity index (χ0n) is 15.1. The van der Waals surface area contributed by atoms with Crippen LogP contribution in [0.3, 0.4) is 0 Å². The largest absolute Gasteiger partial charge is 0.508 e. The van der Waals surface area contributed by atoms with E-state index in [1.54, 1.807) is 36.4 Å². The van der Waals surface area contributed by atoms with Crippen LogP contribution in [0.4, 0.5) is 0 Å². The summed E-state index contributed by atoms with van der Waals surface area (Å²) >= 11 is 0. The summed E-state index contributed by atoms with van der Waals surface area (Å²) in [6.45, 7) is 2.29. The lowest BCUT2D eigenvalue weighted by molar-refractivity contribution is 0.0602. The number of phenolic OH excluding ortho intramolecular Hbond substituents is 1. The lowest BCUT2D eigenvalue weighted by atomic mass is 9.94. The molecule has 1 atom stereocenters. The highest BCUT2D eigenvalue weighted by molar-refractivity contribution is 5.99. The molecule has 0 spiro atoms. The predicted molar refractivity (Wildman–Crippen MR) is 102 cm³/mol. The summed E-state index contributed by atoms with van der Waals surface area (Å²) in [6.07, 6.45) is 4.95. The van der Waals surface area contributed by atoms with Crippen molar-refractivity contribution in [2.45, 2.75) is 45.1 Å². The maximum atomic E-state index is 13.0. The summed E-state index contributed by atoms with van der Waals surface area (Å²) in [7, 11) is 0. The summed E-state index contributed by atoms with van der Waals surface area (Å²) in [6, 6.07) is 14.5. The fraction of sp³-hybridized carbons (Fsp3) is 0.364. The molecule has 0 aromatic heterocycles. The molecule has 0 bridgehead atoms. The van der Waals surface area contributed by atoms with Crippen molar-refractivity contribution in [2.75, 3.05) is 6.54 Å². The Labute approximate surface area is 154 Å². The second-order valence-electron chi connectivity index (χ2n) is 6.99. The number of phenols is 1. The predicted octanol–water partition coefficient (Wildman–Crippen LogP) is 4.22. The van der Waals surface area contributed by atoms with Gasteiger partial charge in [-0.05, 0) is 68.9 Å². The van der Waals surface area contributed by atoms with E-state index in [-0.39, 0.29) is 23.5 Å². The number of carbonyl (C=O) groups is 2. The summed E-state index contributed by atoms with van der Waals surface area (Å²) in [5.41, 5.74) is 2.34. The molecule has 1 unspecified atom stereocenters. The average molecular weight is 351 g/mol. The Balaban J connectivity index is 1.71. The van der Waals surface area contributed by atoms with Crippen LogP contribution in [-0.2, 0) is 6.42 Å². The fourth-order valence-corrected chi connectivity index (χ4v) is 3.60. The van der Waals surface area contributed by atoms with Gasteiger partial charge in [0.2, 0.25) is 0 Å². The van der Waals surface area contributed by atoms with Crippen molar-refractivity contribution in [3.63, 3.8) is 0 Å². The summed E-state index contributed by atoms with van der Waals surface area (Å²) in [4.78, 5) is 26.6. The van der Waals surface area contributed by atoms with E-state index in [1.165, 1.54) is 12.5 Å². The Morgan fingerprint density at radius 3 is 2.54 bits per heavy atom. The maximum absolute atomic E-state index is 13.0. The SMILES string of the molecule is CC(=O)c1cccc(C(=O)N2CCCCC2CCc2ccc(O)cc2)c1. The Hall–Kier alpha value is -2.62. The molecule has 136 valence electrons. The van der Waals surface area contributed by atoms with E-state index >= 15 is 0 Å². The number of hydrogen-bond acceptors (Lipinski definition) is 3. The molecular weight excluding hydrogens is 326 g/mol. The highest BCUT2D eigenvalue weighted by Gasteiger charge is 2.27. The van der Waals surface area contributed by atoms with Crippen molar-refractivity contribution < 1.29 is 14.7 Å². The molecule has 2 aromatic carbocycles. The van der Waals surface area contributed by atoms with Gasteiger partial charge in [0, 0.05) is 23.7 Å². The van der Waals surface area contributed by atoms with E-state index in [4.69, 9.17) is 0 Å². The van der Waals surface area contributed by atoms with Crippen molar-refractivity contribution in [3.8, 4) is 5.75 Å². The van der Waals surface area contributed by atoms with E-state index in [0.29, 0.717) is 11.1 Å². The number of benzene rings is 2. The minimum Gasteiger partial charge on any atom is -0.508 e.